The summed E-state index contributed by atoms with van der Waals surface area (Å²) in [5.41, 5.74) is 0.180. The Labute approximate surface area is 139 Å². The third-order valence-corrected chi connectivity index (χ3v) is 4.29. The number of sulfonamides is 1. The van der Waals surface area contributed by atoms with Gasteiger partial charge in [-0.15, -0.1) is 0 Å². The van der Waals surface area contributed by atoms with Crippen LogP contribution < -0.4 is 9.46 Å². The van der Waals surface area contributed by atoms with Gasteiger partial charge in [-0.05, 0) is 31.2 Å². The Morgan fingerprint density at radius 2 is 1.92 bits per heavy atom. The summed E-state index contributed by atoms with van der Waals surface area (Å²) >= 11 is 0. The predicted molar refractivity (Wildman–Crippen MR) is 85.8 cm³/mol. The van der Waals surface area contributed by atoms with Crippen LogP contribution in [0.2, 0.25) is 0 Å². The number of carbonyl (C=O) groups is 1. The molecule has 0 saturated carbocycles. The Balaban J connectivity index is 2.12. The van der Waals surface area contributed by atoms with E-state index in [0.29, 0.717) is 0 Å². The van der Waals surface area contributed by atoms with Gasteiger partial charge in [0.15, 0.2) is 6.61 Å². The molecule has 0 unspecified atom stereocenters. The van der Waals surface area contributed by atoms with Crippen LogP contribution in [0.5, 0.6) is 5.75 Å². The van der Waals surface area contributed by atoms with Crippen molar-refractivity contribution in [2.24, 2.45) is 0 Å². The molecule has 6 nitrogen and oxygen atoms in total. The van der Waals surface area contributed by atoms with E-state index in [-0.39, 0.29) is 24.7 Å². The number of hydrogen-bond acceptors (Lipinski definition) is 5. The number of rotatable bonds is 7. The molecule has 0 fully saturated rings. The van der Waals surface area contributed by atoms with E-state index < -0.39 is 26.7 Å². The summed E-state index contributed by atoms with van der Waals surface area (Å²) in [5, 5.41) is 0. The Bertz CT molecular complexity index is 823. The van der Waals surface area contributed by atoms with Gasteiger partial charge in [-0.2, -0.15) is 0 Å². The summed E-state index contributed by atoms with van der Waals surface area (Å²) in [6.45, 7) is 1.62. The number of hydrogen-bond donors (Lipinski definition) is 1. The fourth-order valence-corrected chi connectivity index (χ4v) is 3.00. The topological polar surface area (TPSA) is 81.7 Å². The minimum atomic E-state index is -4.07. The van der Waals surface area contributed by atoms with Gasteiger partial charge in [0, 0.05) is 6.07 Å². The molecule has 2 rings (SSSR count). The van der Waals surface area contributed by atoms with Crippen LogP contribution in [0, 0.1) is 5.82 Å². The van der Waals surface area contributed by atoms with Gasteiger partial charge in [0.1, 0.15) is 16.5 Å². The molecule has 1 N–H and O–H groups in total. The maximum atomic E-state index is 13.7. The Kier molecular flexibility index (Phi) is 5.75. The lowest BCUT2D eigenvalue weighted by atomic mass is 10.3. The predicted octanol–water partition coefficient (Wildman–Crippen LogP) is 2.57. The summed E-state index contributed by atoms with van der Waals surface area (Å²) in [5.74, 6) is -1.11. The number of benzene rings is 2. The minimum Gasteiger partial charge on any atom is -0.482 e. The molecule has 0 aliphatic heterocycles. The van der Waals surface area contributed by atoms with Crippen LogP contribution in [0.25, 0.3) is 0 Å². The van der Waals surface area contributed by atoms with Crippen LogP contribution in [-0.4, -0.2) is 27.6 Å². The molecule has 0 radical (unpaired) electrons. The minimum absolute atomic E-state index is 0.180. The van der Waals surface area contributed by atoms with Gasteiger partial charge in [-0.25, -0.2) is 17.6 Å². The number of halogens is 1. The van der Waals surface area contributed by atoms with Crippen molar-refractivity contribution < 1.29 is 27.1 Å². The molecule has 0 heterocycles. The van der Waals surface area contributed by atoms with E-state index in [1.807, 2.05) is 0 Å². The first-order valence-corrected chi connectivity index (χ1v) is 8.56. The van der Waals surface area contributed by atoms with Gasteiger partial charge in [0.25, 0.3) is 10.0 Å². The highest BCUT2D eigenvalue weighted by molar-refractivity contribution is 7.92. The number of ether oxygens (including phenoxy) is 2. The van der Waals surface area contributed by atoms with Crippen LogP contribution in [0.3, 0.4) is 0 Å². The second kappa shape index (κ2) is 7.78. The van der Waals surface area contributed by atoms with Crippen LogP contribution in [0.4, 0.5) is 10.1 Å². The third kappa shape index (κ3) is 4.69. The fourth-order valence-electron chi connectivity index (χ4n) is 1.87. The lowest BCUT2D eigenvalue weighted by Crippen LogP contribution is -2.16. The van der Waals surface area contributed by atoms with Gasteiger partial charge in [0.05, 0.1) is 12.3 Å². The van der Waals surface area contributed by atoms with E-state index in [0.717, 1.165) is 6.07 Å². The zero-order valence-corrected chi connectivity index (χ0v) is 13.7. The molecular weight excluding hydrogens is 337 g/mol. The van der Waals surface area contributed by atoms with Gasteiger partial charge >= 0.3 is 5.97 Å². The van der Waals surface area contributed by atoms with Crippen LogP contribution in [-0.2, 0) is 19.6 Å². The first-order chi connectivity index (χ1) is 11.4. The molecule has 8 heteroatoms. The molecular formula is C16H16FNO5S. The highest BCUT2D eigenvalue weighted by Crippen LogP contribution is 2.22. The van der Waals surface area contributed by atoms with Gasteiger partial charge in [0.2, 0.25) is 0 Å². The molecule has 0 bridgehead atoms. The highest BCUT2D eigenvalue weighted by atomic mass is 32.2. The fraction of sp³-hybridized carbons (Fsp3) is 0.188. The number of carbonyl (C=O) groups excluding carboxylic acids is 1. The van der Waals surface area contributed by atoms with Crippen molar-refractivity contribution in [1.82, 2.24) is 0 Å². The van der Waals surface area contributed by atoms with E-state index in [1.165, 1.54) is 30.3 Å². The standard InChI is InChI=1S/C16H16FNO5S/c1-2-22-16(19)11-23-13-7-5-6-12(10-13)18-24(20,21)15-9-4-3-8-14(15)17/h3-10,18H,2,11H2,1H3. The average molecular weight is 353 g/mol. The summed E-state index contributed by atoms with van der Waals surface area (Å²) < 4.78 is 50.3. The number of anilines is 1. The molecule has 24 heavy (non-hydrogen) atoms. The second-order valence-corrected chi connectivity index (χ2v) is 6.31. The quantitative estimate of drug-likeness (QED) is 0.774. The van der Waals surface area contributed by atoms with Crippen LogP contribution in [0.15, 0.2) is 53.4 Å². The zero-order valence-electron chi connectivity index (χ0n) is 12.9. The number of esters is 1. The normalized spacial score (nSPS) is 10.9. The molecule has 0 atom stereocenters. The van der Waals surface area contributed by atoms with Crippen LogP contribution in [0.1, 0.15) is 6.92 Å². The van der Waals surface area contributed by atoms with Crippen LogP contribution >= 0.6 is 0 Å². The van der Waals surface area contributed by atoms with Crippen molar-refractivity contribution in [3.8, 4) is 5.75 Å². The summed E-state index contributed by atoms with van der Waals surface area (Å²) in [6, 6.07) is 11.0. The molecule has 0 saturated heterocycles. The molecule has 0 amide bonds. The van der Waals surface area contributed by atoms with Crippen molar-refractivity contribution in [2.75, 3.05) is 17.9 Å². The summed E-state index contributed by atoms with van der Waals surface area (Å²) in [4.78, 5) is 10.8. The van der Waals surface area contributed by atoms with E-state index in [1.54, 1.807) is 19.1 Å². The number of nitrogens with one attached hydrogen (secondary N) is 1. The lowest BCUT2D eigenvalue weighted by molar-refractivity contribution is -0.145. The summed E-state index contributed by atoms with van der Waals surface area (Å²) in [6.07, 6.45) is 0. The molecule has 0 aromatic heterocycles. The van der Waals surface area contributed by atoms with E-state index >= 15 is 0 Å². The molecule has 0 spiro atoms. The van der Waals surface area contributed by atoms with E-state index in [9.17, 15) is 17.6 Å². The largest absolute Gasteiger partial charge is 0.482 e. The molecule has 2 aromatic carbocycles. The van der Waals surface area contributed by atoms with Gasteiger partial charge in [-0.3, -0.25) is 4.72 Å². The molecule has 0 aliphatic rings. The van der Waals surface area contributed by atoms with Crippen molar-refractivity contribution in [3.05, 3.63) is 54.3 Å². The SMILES string of the molecule is CCOC(=O)COc1cccc(NS(=O)(=O)c2ccccc2F)c1. The first-order valence-electron chi connectivity index (χ1n) is 7.08. The van der Waals surface area contributed by atoms with E-state index in [4.69, 9.17) is 9.47 Å². The Morgan fingerprint density at radius 3 is 2.62 bits per heavy atom. The summed E-state index contributed by atoms with van der Waals surface area (Å²) in [7, 11) is -4.07. The molecule has 128 valence electrons. The van der Waals surface area contributed by atoms with Crippen molar-refractivity contribution in [3.63, 3.8) is 0 Å². The van der Waals surface area contributed by atoms with Crippen molar-refractivity contribution in [1.29, 1.82) is 0 Å². The average Bonchev–Trinajstić information content (AvgIpc) is 2.53. The van der Waals surface area contributed by atoms with E-state index in [2.05, 4.69) is 4.72 Å². The second-order valence-electron chi connectivity index (χ2n) is 4.66. The lowest BCUT2D eigenvalue weighted by Gasteiger charge is -2.11. The Hall–Kier alpha value is -2.61. The maximum Gasteiger partial charge on any atom is 0.344 e. The highest BCUT2D eigenvalue weighted by Gasteiger charge is 2.18. The van der Waals surface area contributed by atoms with Crippen molar-refractivity contribution >= 4 is 21.7 Å². The third-order valence-electron chi connectivity index (χ3n) is 2.87. The molecule has 0 aliphatic carbocycles. The van der Waals surface area contributed by atoms with Gasteiger partial charge in [-0.1, -0.05) is 18.2 Å². The first kappa shape index (κ1) is 17.7. The van der Waals surface area contributed by atoms with Crippen molar-refractivity contribution in [2.45, 2.75) is 11.8 Å². The monoisotopic (exact) mass is 353 g/mol. The zero-order chi connectivity index (χ0) is 17.6. The van der Waals surface area contributed by atoms with Gasteiger partial charge < -0.3 is 9.47 Å². The molecule has 2 aromatic rings. The smallest absolute Gasteiger partial charge is 0.344 e. The maximum absolute atomic E-state index is 13.7. The Morgan fingerprint density at radius 1 is 1.17 bits per heavy atom.